The minimum absolute atomic E-state index is 0.0347. The molecule has 0 spiro atoms. The molecule has 0 saturated carbocycles. The summed E-state index contributed by atoms with van der Waals surface area (Å²) in [5.74, 6) is -0.478. The second kappa shape index (κ2) is 8.91. The highest BCUT2D eigenvalue weighted by molar-refractivity contribution is 7.19. The number of fused-ring (bicyclic) bond motifs is 1. The molecule has 1 saturated heterocycles. The molecule has 1 atom stereocenters. The lowest BCUT2D eigenvalue weighted by atomic mass is 10.2. The number of hydrogen-bond donors (Lipinski definition) is 0. The molecule has 6 nitrogen and oxygen atoms in total. The quantitative estimate of drug-likeness (QED) is 0.551. The van der Waals surface area contributed by atoms with Gasteiger partial charge in [0.15, 0.2) is 0 Å². The lowest BCUT2D eigenvalue weighted by molar-refractivity contribution is -0.141. The summed E-state index contributed by atoms with van der Waals surface area (Å²) < 4.78 is 11.4. The summed E-state index contributed by atoms with van der Waals surface area (Å²) >= 11 is 1.54. The first-order chi connectivity index (χ1) is 12.7. The average molecular weight is 374 g/mol. The average Bonchev–Trinajstić information content (AvgIpc) is 3.31. The molecular weight excluding hydrogens is 352 g/mol. The van der Waals surface area contributed by atoms with Crippen LogP contribution in [0.15, 0.2) is 30.3 Å². The molecule has 1 aliphatic heterocycles. The van der Waals surface area contributed by atoms with Crippen LogP contribution in [0.2, 0.25) is 0 Å². The Labute approximate surface area is 156 Å². The van der Waals surface area contributed by atoms with E-state index in [1.807, 2.05) is 24.3 Å². The molecule has 1 aromatic heterocycles. The standard InChI is InChI=1S/C19H22N2O4S/c1-24-19(23)10-11-21(13-14-5-4-12-25-14)18(22)9-8-17-20-15-6-2-3-7-16(15)26-17/h2-3,6-9,14H,4-5,10-13H2,1H3. The van der Waals surface area contributed by atoms with E-state index in [-0.39, 0.29) is 24.4 Å². The molecule has 1 fully saturated rings. The van der Waals surface area contributed by atoms with Crippen molar-refractivity contribution in [1.82, 2.24) is 9.88 Å². The van der Waals surface area contributed by atoms with Gasteiger partial charge in [-0.2, -0.15) is 0 Å². The van der Waals surface area contributed by atoms with E-state index < -0.39 is 0 Å². The maximum absolute atomic E-state index is 12.6. The van der Waals surface area contributed by atoms with Gasteiger partial charge in [-0.1, -0.05) is 12.1 Å². The third-order valence-electron chi connectivity index (χ3n) is 4.25. The highest BCUT2D eigenvalue weighted by atomic mass is 32.1. The van der Waals surface area contributed by atoms with Crippen molar-refractivity contribution in [2.24, 2.45) is 0 Å². The first-order valence-corrected chi connectivity index (χ1v) is 9.48. The first-order valence-electron chi connectivity index (χ1n) is 8.66. The highest BCUT2D eigenvalue weighted by Gasteiger charge is 2.22. The van der Waals surface area contributed by atoms with Gasteiger partial charge in [-0.05, 0) is 31.1 Å². The van der Waals surface area contributed by atoms with Crippen LogP contribution < -0.4 is 0 Å². The number of hydrogen-bond acceptors (Lipinski definition) is 6. The molecule has 2 aromatic rings. The normalized spacial score (nSPS) is 17.0. The Bertz CT molecular complexity index is 763. The second-order valence-electron chi connectivity index (χ2n) is 6.10. The van der Waals surface area contributed by atoms with Gasteiger partial charge < -0.3 is 14.4 Å². The van der Waals surface area contributed by atoms with E-state index in [0.29, 0.717) is 13.1 Å². The Kier molecular flexibility index (Phi) is 6.35. The van der Waals surface area contributed by atoms with Crippen molar-refractivity contribution < 1.29 is 19.1 Å². The molecule has 1 aliphatic rings. The molecule has 0 N–H and O–H groups in total. The Balaban J connectivity index is 1.67. The van der Waals surface area contributed by atoms with Crippen molar-refractivity contribution in [3.8, 4) is 0 Å². The number of aromatic nitrogens is 1. The molecule has 138 valence electrons. The van der Waals surface area contributed by atoms with E-state index in [4.69, 9.17) is 4.74 Å². The van der Waals surface area contributed by atoms with Gasteiger partial charge in [0.05, 0.1) is 29.9 Å². The largest absolute Gasteiger partial charge is 0.469 e. The molecule has 1 aromatic carbocycles. The van der Waals surface area contributed by atoms with Crippen molar-refractivity contribution in [3.63, 3.8) is 0 Å². The van der Waals surface area contributed by atoms with Crippen LogP contribution >= 0.6 is 11.3 Å². The summed E-state index contributed by atoms with van der Waals surface area (Å²) in [6.45, 7) is 1.53. The van der Waals surface area contributed by atoms with Crippen molar-refractivity contribution in [2.75, 3.05) is 26.8 Å². The SMILES string of the molecule is COC(=O)CCN(CC1CCCO1)C(=O)C=Cc1nc2ccccc2s1. The Morgan fingerprint density at radius 3 is 3.00 bits per heavy atom. The van der Waals surface area contributed by atoms with E-state index in [2.05, 4.69) is 9.72 Å². The van der Waals surface area contributed by atoms with Crippen LogP contribution in [0.3, 0.4) is 0 Å². The third-order valence-corrected chi connectivity index (χ3v) is 5.25. The highest BCUT2D eigenvalue weighted by Crippen LogP contribution is 2.22. The first kappa shape index (κ1) is 18.5. The number of methoxy groups -OCH3 is 1. The number of ether oxygens (including phenoxy) is 2. The van der Waals surface area contributed by atoms with Crippen LogP contribution in [0.25, 0.3) is 16.3 Å². The molecule has 7 heteroatoms. The van der Waals surface area contributed by atoms with E-state index >= 15 is 0 Å². The zero-order valence-corrected chi connectivity index (χ0v) is 15.5. The van der Waals surface area contributed by atoms with Gasteiger partial charge in [0.25, 0.3) is 0 Å². The molecule has 26 heavy (non-hydrogen) atoms. The van der Waals surface area contributed by atoms with Crippen molar-refractivity contribution in [3.05, 3.63) is 35.3 Å². The van der Waals surface area contributed by atoms with E-state index in [9.17, 15) is 9.59 Å². The van der Waals surface area contributed by atoms with Crippen LogP contribution in [0.5, 0.6) is 0 Å². The zero-order chi connectivity index (χ0) is 18.4. The summed E-state index contributed by atoms with van der Waals surface area (Å²) in [7, 11) is 1.35. The molecule has 1 unspecified atom stereocenters. The molecule has 0 radical (unpaired) electrons. The van der Waals surface area contributed by atoms with Crippen molar-refractivity contribution >= 4 is 39.5 Å². The summed E-state index contributed by atoms with van der Waals surface area (Å²) in [5.41, 5.74) is 0.923. The fourth-order valence-corrected chi connectivity index (χ4v) is 3.73. The van der Waals surface area contributed by atoms with E-state index in [1.54, 1.807) is 11.0 Å². The zero-order valence-electron chi connectivity index (χ0n) is 14.7. The number of para-hydroxylation sites is 1. The predicted molar refractivity (Wildman–Crippen MR) is 101 cm³/mol. The van der Waals surface area contributed by atoms with Crippen LogP contribution in [0.1, 0.15) is 24.3 Å². The predicted octanol–water partition coefficient (Wildman–Crippen LogP) is 2.88. The van der Waals surface area contributed by atoms with Crippen LogP contribution in [-0.2, 0) is 19.1 Å². The van der Waals surface area contributed by atoms with Crippen LogP contribution in [0.4, 0.5) is 0 Å². The molecule has 1 amide bonds. The van der Waals surface area contributed by atoms with Gasteiger partial charge in [0.2, 0.25) is 5.91 Å². The van der Waals surface area contributed by atoms with E-state index in [1.165, 1.54) is 24.5 Å². The molecular formula is C19H22N2O4S. The monoisotopic (exact) mass is 374 g/mol. The molecule has 3 rings (SSSR count). The van der Waals surface area contributed by atoms with Gasteiger partial charge in [-0.15, -0.1) is 11.3 Å². The van der Waals surface area contributed by atoms with Gasteiger partial charge in [0, 0.05) is 25.8 Å². The lowest BCUT2D eigenvalue weighted by Crippen LogP contribution is -2.37. The molecule has 0 bridgehead atoms. The summed E-state index contributed by atoms with van der Waals surface area (Å²) in [5, 5.41) is 0.782. The van der Waals surface area contributed by atoms with Crippen LogP contribution in [0, 0.1) is 0 Å². The van der Waals surface area contributed by atoms with Gasteiger partial charge in [0.1, 0.15) is 5.01 Å². The van der Waals surface area contributed by atoms with Gasteiger partial charge in [-0.3, -0.25) is 9.59 Å². The van der Waals surface area contributed by atoms with Crippen molar-refractivity contribution in [2.45, 2.75) is 25.4 Å². The topological polar surface area (TPSA) is 68.7 Å². The fraction of sp³-hybridized carbons (Fsp3) is 0.421. The van der Waals surface area contributed by atoms with E-state index in [0.717, 1.165) is 34.7 Å². The Hall–Kier alpha value is -2.25. The number of rotatable bonds is 7. The maximum atomic E-state index is 12.6. The summed E-state index contributed by atoms with van der Waals surface area (Å²) in [6, 6.07) is 7.86. The smallest absolute Gasteiger partial charge is 0.307 e. The second-order valence-corrected chi connectivity index (χ2v) is 7.16. The van der Waals surface area contributed by atoms with Crippen LogP contribution in [-0.4, -0.2) is 54.7 Å². The van der Waals surface area contributed by atoms with Gasteiger partial charge in [-0.25, -0.2) is 4.98 Å². The minimum atomic E-state index is -0.328. The van der Waals surface area contributed by atoms with Gasteiger partial charge >= 0.3 is 5.97 Å². The number of thiazole rings is 1. The number of esters is 1. The maximum Gasteiger partial charge on any atom is 0.307 e. The third kappa shape index (κ3) is 4.89. The number of benzene rings is 1. The molecule has 0 aliphatic carbocycles. The minimum Gasteiger partial charge on any atom is -0.469 e. The number of amides is 1. The van der Waals surface area contributed by atoms with Crippen molar-refractivity contribution in [1.29, 1.82) is 0 Å². The fourth-order valence-electron chi connectivity index (χ4n) is 2.86. The Morgan fingerprint density at radius 1 is 1.42 bits per heavy atom. The Morgan fingerprint density at radius 2 is 2.27 bits per heavy atom. The molecule has 2 heterocycles. The summed E-state index contributed by atoms with van der Waals surface area (Å²) in [6.07, 6.45) is 5.39. The lowest BCUT2D eigenvalue weighted by Gasteiger charge is -2.23. The number of carbonyl (C=O) groups excluding carboxylic acids is 2. The summed E-state index contributed by atoms with van der Waals surface area (Å²) in [4.78, 5) is 30.2. The number of carbonyl (C=O) groups is 2. The number of nitrogens with zero attached hydrogens (tertiary/aromatic N) is 2.